The maximum Gasteiger partial charge on any atom is 0.315 e. The molecule has 0 spiro atoms. The molecule has 1 amide bonds. The number of nitrogens with one attached hydrogen (secondary N) is 1. The first-order chi connectivity index (χ1) is 7.72. The minimum Gasteiger partial charge on any atom is -0.465 e. The summed E-state index contributed by atoms with van der Waals surface area (Å²) in [6, 6.07) is 1.54. The lowest BCUT2D eigenvalue weighted by molar-refractivity contribution is -0.139. The number of hydrogen-bond donors (Lipinski definition) is 1. The van der Waals surface area contributed by atoms with Crippen LogP contribution in [0.2, 0.25) is 0 Å². The fourth-order valence-electron chi connectivity index (χ4n) is 0.886. The summed E-state index contributed by atoms with van der Waals surface area (Å²) in [5, 5.41) is 6.03. The largest absolute Gasteiger partial charge is 0.465 e. The second-order valence-electron chi connectivity index (χ2n) is 2.73. The molecular formula is C9H12N2O4S. The van der Waals surface area contributed by atoms with Crippen molar-refractivity contribution in [3.63, 3.8) is 0 Å². The van der Waals surface area contributed by atoms with Crippen LogP contribution in [0.15, 0.2) is 16.9 Å². The molecule has 7 heteroatoms. The van der Waals surface area contributed by atoms with E-state index in [0.29, 0.717) is 12.4 Å². The zero-order valence-electron chi connectivity index (χ0n) is 8.76. The number of amides is 1. The van der Waals surface area contributed by atoms with E-state index in [1.165, 1.54) is 24.1 Å². The van der Waals surface area contributed by atoms with Crippen LogP contribution in [0.1, 0.15) is 6.92 Å². The van der Waals surface area contributed by atoms with Crippen LogP contribution in [0.25, 0.3) is 0 Å². The highest BCUT2D eigenvalue weighted by molar-refractivity contribution is 8.00. The predicted molar refractivity (Wildman–Crippen MR) is 59.1 cm³/mol. The maximum atomic E-state index is 11.3. The highest BCUT2D eigenvalue weighted by Crippen LogP contribution is 2.05. The van der Waals surface area contributed by atoms with E-state index in [1.54, 1.807) is 6.92 Å². The number of carbonyl (C=O) groups is 2. The van der Waals surface area contributed by atoms with E-state index in [-0.39, 0.29) is 23.4 Å². The normalized spacial score (nSPS) is 9.81. The number of carbonyl (C=O) groups excluding carboxylic acids is 2. The number of esters is 1. The standard InChI is InChI=1S/C9H12N2O4S/c1-2-14-9(13)6-16-5-8(12)10-7-3-4-15-11-7/h3-4H,2,5-6H2,1H3,(H,10,11,12). The quantitative estimate of drug-likeness (QED) is 0.749. The molecule has 6 nitrogen and oxygen atoms in total. The van der Waals surface area contributed by atoms with Gasteiger partial charge in [-0.2, -0.15) is 0 Å². The number of hydrogen-bond acceptors (Lipinski definition) is 6. The summed E-state index contributed by atoms with van der Waals surface area (Å²) in [7, 11) is 0. The smallest absolute Gasteiger partial charge is 0.315 e. The summed E-state index contributed by atoms with van der Waals surface area (Å²) < 4.78 is 9.26. The lowest BCUT2D eigenvalue weighted by atomic mass is 10.6. The van der Waals surface area contributed by atoms with Gasteiger partial charge in [-0.1, -0.05) is 5.16 Å². The average molecular weight is 244 g/mol. The molecule has 0 saturated carbocycles. The Morgan fingerprint density at radius 2 is 2.38 bits per heavy atom. The van der Waals surface area contributed by atoms with E-state index in [9.17, 15) is 9.59 Å². The Balaban J connectivity index is 2.13. The summed E-state index contributed by atoms with van der Waals surface area (Å²) in [6.45, 7) is 2.09. The van der Waals surface area contributed by atoms with Gasteiger partial charge in [-0.15, -0.1) is 11.8 Å². The van der Waals surface area contributed by atoms with Crippen molar-refractivity contribution in [3.8, 4) is 0 Å². The van der Waals surface area contributed by atoms with Crippen LogP contribution in [0.5, 0.6) is 0 Å². The van der Waals surface area contributed by atoms with Gasteiger partial charge in [0.15, 0.2) is 5.82 Å². The second kappa shape index (κ2) is 6.89. The zero-order chi connectivity index (χ0) is 11.8. The number of thioether (sulfide) groups is 1. The number of ether oxygens (including phenoxy) is 1. The highest BCUT2D eigenvalue weighted by Gasteiger charge is 2.07. The minimum atomic E-state index is -0.318. The van der Waals surface area contributed by atoms with Crippen LogP contribution in [-0.2, 0) is 14.3 Å². The van der Waals surface area contributed by atoms with Gasteiger partial charge in [0.2, 0.25) is 5.91 Å². The van der Waals surface area contributed by atoms with Crippen LogP contribution in [0.4, 0.5) is 5.82 Å². The van der Waals surface area contributed by atoms with Crippen molar-refractivity contribution in [2.75, 3.05) is 23.4 Å². The molecule has 0 bridgehead atoms. The van der Waals surface area contributed by atoms with E-state index in [1.807, 2.05) is 0 Å². The SMILES string of the molecule is CCOC(=O)CSCC(=O)Nc1ccon1. The van der Waals surface area contributed by atoms with Gasteiger partial charge < -0.3 is 14.6 Å². The Hall–Kier alpha value is -1.50. The van der Waals surface area contributed by atoms with Crippen molar-refractivity contribution >= 4 is 29.5 Å². The van der Waals surface area contributed by atoms with Crippen molar-refractivity contribution in [1.82, 2.24) is 5.16 Å². The maximum absolute atomic E-state index is 11.3. The Bertz CT molecular complexity index is 339. The molecule has 1 rings (SSSR count). The van der Waals surface area contributed by atoms with Crippen molar-refractivity contribution < 1.29 is 18.8 Å². The molecule has 0 radical (unpaired) electrons. The van der Waals surface area contributed by atoms with Crippen LogP contribution < -0.4 is 5.32 Å². The third kappa shape index (κ3) is 4.83. The molecule has 1 heterocycles. The van der Waals surface area contributed by atoms with Crippen LogP contribution in [-0.4, -0.2) is 35.1 Å². The molecule has 0 saturated heterocycles. The van der Waals surface area contributed by atoms with E-state index < -0.39 is 0 Å². The fourth-order valence-corrected chi connectivity index (χ4v) is 1.50. The van der Waals surface area contributed by atoms with Gasteiger partial charge in [0, 0.05) is 6.07 Å². The molecule has 0 aliphatic heterocycles. The topological polar surface area (TPSA) is 81.4 Å². The molecule has 0 atom stereocenters. The van der Waals surface area contributed by atoms with Gasteiger partial charge in [-0.25, -0.2) is 0 Å². The molecule has 0 aromatic carbocycles. The van der Waals surface area contributed by atoms with Crippen LogP contribution >= 0.6 is 11.8 Å². The number of anilines is 1. The molecule has 88 valence electrons. The van der Waals surface area contributed by atoms with Crippen LogP contribution in [0.3, 0.4) is 0 Å². The van der Waals surface area contributed by atoms with Crippen LogP contribution in [0, 0.1) is 0 Å². The van der Waals surface area contributed by atoms with E-state index in [0.717, 1.165) is 0 Å². The number of rotatable bonds is 6. The zero-order valence-corrected chi connectivity index (χ0v) is 9.58. The Kier molecular flexibility index (Phi) is 5.41. The molecule has 16 heavy (non-hydrogen) atoms. The minimum absolute atomic E-state index is 0.167. The first kappa shape index (κ1) is 12.6. The first-order valence-corrected chi connectivity index (χ1v) is 5.81. The molecule has 0 fully saturated rings. The summed E-state index contributed by atoms with van der Waals surface area (Å²) in [4.78, 5) is 22.2. The molecule has 1 aromatic rings. The van der Waals surface area contributed by atoms with E-state index in [4.69, 9.17) is 4.74 Å². The van der Waals surface area contributed by atoms with Gasteiger partial charge >= 0.3 is 5.97 Å². The Morgan fingerprint density at radius 3 is 3.00 bits per heavy atom. The van der Waals surface area contributed by atoms with E-state index >= 15 is 0 Å². The highest BCUT2D eigenvalue weighted by atomic mass is 32.2. The second-order valence-corrected chi connectivity index (χ2v) is 3.72. The van der Waals surface area contributed by atoms with Crippen molar-refractivity contribution in [2.24, 2.45) is 0 Å². The summed E-state index contributed by atoms with van der Waals surface area (Å²) in [6.07, 6.45) is 1.36. The average Bonchev–Trinajstić information content (AvgIpc) is 2.70. The van der Waals surface area contributed by atoms with Crippen molar-refractivity contribution in [1.29, 1.82) is 0 Å². The van der Waals surface area contributed by atoms with Gasteiger partial charge in [0.1, 0.15) is 6.26 Å². The Labute approximate surface area is 96.7 Å². The predicted octanol–water partition coefficient (Wildman–Crippen LogP) is 0.909. The summed E-state index contributed by atoms with van der Waals surface area (Å²) in [5.74, 6) is 0.151. The lowest BCUT2D eigenvalue weighted by Gasteiger charge is -2.01. The third-order valence-electron chi connectivity index (χ3n) is 1.46. The number of aromatic nitrogens is 1. The summed E-state index contributed by atoms with van der Waals surface area (Å²) in [5.41, 5.74) is 0. The molecular weight excluding hydrogens is 232 g/mol. The fraction of sp³-hybridized carbons (Fsp3) is 0.444. The molecule has 1 N–H and O–H groups in total. The van der Waals surface area contributed by atoms with Crippen molar-refractivity contribution in [3.05, 3.63) is 12.3 Å². The summed E-state index contributed by atoms with van der Waals surface area (Å²) >= 11 is 1.19. The molecule has 0 aliphatic rings. The Morgan fingerprint density at radius 1 is 1.56 bits per heavy atom. The molecule has 0 aliphatic carbocycles. The van der Waals surface area contributed by atoms with Gasteiger partial charge in [-0.3, -0.25) is 9.59 Å². The monoisotopic (exact) mass is 244 g/mol. The first-order valence-electron chi connectivity index (χ1n) is 4.66. The van der Waals surface area contributed by atoms with Gasteiger partial charge in [0.05, 0.1) is 18.1 Å². The van der Waals surface area contributed by atoms with E-state index in [2.05, 4.69) is 15.0 Å². The lowest BCUT2D eigenvalue weighted by Crippen LogP contribution is -2.16. The van der Waals surface area contributed by atoms with Crippen molar-refractivity contribution in [2.45, 2.75) is 6.92 Å². The van der Waals surface area contributed by atoms with Gasteiger partial charge in [-0.05, 0) is 6.92 Å². The molecule has 0 unspecified atom stereocenters. The number of nitrogens with zero attached hydrogens (tertiary/aromatic N) is 1. The third-order valence-corrected chi connectivity index (χ3v) is 2.37. The van der Waals surface area contributed by atoms with Gasteiger partial charge in [0.25, 0.3) is 0 Å². The molecule has 1 aromatic heterocycles.